The molecule has 0 spiro atoms. The Bertz CT molecular complexity index is 963. The Morgan fingerprint density at radius 2 is 1.84 bits per heavy atom. The summed E-state index contributed by atoms with van der Waals surface area (Å²) in [5.74, 6) is -0.789. The van der Waals surface area contributed by atoms with Crippen LogP contribution in [0.15, 0.2) is 59.8 Å². The van der Waals surface area contributed by atoms with Gasteiger partial charge in [0.15, 0.2) is 0 Å². The quantitative estimate of drug-likeness (QED) is 0.680. The highest BCUT2D eigenvalue weighted by atomic mass is 32.2. The van der Waals surface area contributed by atoms with Crippen LogP contribution in [0.4, 0.5) is 0 Å². The van der Waals surface area contributed by atoms with Gasteiger partial charge in [-0.1, -0.05) is 30.3 Å². The maximum Gasteiger partial charge on any atom is 0.313 e. The Kier molecular flexibility index (Phi) is 5.32. The molecule has 0 saturated carbocycles. The number of nitriles is 1. The Hall–Kier alpha value is -2.84. The first-order valence-corrected chi connectivity index (χ1v) is 8.86. The standard InChI is InChI=1S/C20H16N2O2S/c21-11-15-7-5-14(17-3-1-2-4-18(15)17)6-8-16-12-22-10-9-19(16)25-13-20(23)24/h1-5,7,9-10,12H,6,8,13H2,(H,23,24). The molecule has 0 amide bonds. The molecule has 25 heavy (non-hydrogen) atoms. The normalized spacial score (nSPS) is 10.5. The van der Waals surface area contributed by atoms with E-state index in [1.165, 1.54) is 17.3 Å². The molecular formula is C20H16N2O2S. The number of rotatable bonds is 6. The average Bonchev–Trinajstić information content (AvgIpc) is 2.65. The van der Waals surface area contributed by atoms with E-state index in [0.29, 0.717) is 5.56 Å². The zero-order valence-electron chi connectivity index (χ0n) is 13.5. The molecule has 0 aliphatic heterocycles. The van der Waals surface area contributed by atoms with Gasteiger partial charge < -0.3 is 5.11 Å². The number of pyridine rings is 1. The fourth-order valence-corrected chi connectivity index (χ4v) is 3.60. The summed E-state index contributed by atoms with van der Waals surface area (Å²) in [7, 11) is 0. The molecule has 0 bridgehead atoms. The number of aromatic nitrogens is 1. The summed E-state index contributed by atoms with van der Waals surface area (Å²) >= 11 is 1.32. The Morgan fingerprint density at radius 1 is 1.08 bits per heavy atom. The molecule has 0 fully saturated rings. The summed E-state index contributed by atoms with van der Waals surface area (Å²) in [5, 5.41) is 20.2. The molecule has 3 rings (SSSR count). The molecule has 1 aromatic heterocycles. The fourth-order valence-electron chi connectivity index (χ4n) is 2.83. The fraction of sp³-hybridized carbons (Fsp3) is 0.150. The number of carboxylic acid groups (broad SMARTS) is 1. The Morgan fingerprint density at radius 3 is 2.60 bits per heavy atom. The van der Waals surface area contributed by atoms with E-state index in [2.05, 4.69) is 11.1 Å². The predicted molar refractivity (Wildman–Crippen MR) is 98.7 cm³/mol. The van der Waals surface area contributed by atoms with Crippen molar-refractivity contribution in [3.05, 3.63) is 71.5 Å². The van der Waals surface area contributed by atoms with Gasteiger partial charge in [0.25, 0.3) is 0 Å². The lowest BCUT2D eigenvalue weighted by Crippen LogP contribution is -2.00. The number of nitrogens with zero attached hydrogens (tertiary/aromatic N) is 2. The zero-order chi connectivity index (χ0) is 17.6. The summed E-state index contributed by atoms with van der Waals surface area (Å²) in [6, 6.07) is 15.9. The van der Waals surface area contributed by atoms with Crippen LogP contribution < -0.4 is 0 Å². The number of fused-ring (bicyclic) bond motifs is 1. The second kappa shape index (κ2) is 7.82. The first-order chi connectivity index (χ1) is 12.2. The van der Waals surface area contributed by atoms with Crippen LogP contribution in [0, 0.1) is 11.3 Å². The van der Waals surface area contributed by atoms with Crippen LogP contribution in [0.5, 0.6) is 0 Å². The van der Waals surface area contributed by atoms with E-state index >= 15 is 0 Å². The summed E-state index contributed by atoms with van der Waals surface area (Å²) in [6.07, 6.45) is 5.06. The van der Waals surface area contributed by atoms with E-state index in [-0.39, 0.29) is 5.75 Å². The number of thioether (sulfide) groups is 1. The van der Waals surface area contributed by atoms with E-state index in [0.717, 1.165) is 34.1 Å². The average molecular weight is 348 g/mol. The van der Waals surface area contributed by atoms with Gasteiger partial charge in [-0.2, -0.15) is 5.26 Å². The summed E-state index contributed by atoms with van der Waals surface area (Å²) in [5.41, 5.74) is 2.90. The van der Waals surface area contributed by atoms with Crippen LogP contribution >= 0.6 is 11.8 Å². The summed E-state index contributed by atoms with van der Waals surface area (Å²) in [4.78, 5) is 15.9. The molecule has 0 unspecified atom stereocenters. The van der Waals surface area contributed by atoms with Crippen molar-refractivity contribution in [2.24, 2.45) is 0 Å². The molecule has 124 valence electrons. The highest BCUT2D eigenvalue weighted by Crippen LogP contribution is 2.26. The third kappa shape index (κ3) is 3.98. The molecule has 0 aliphatic rings. The summed E-state index contributed by atoms with van der Waals surface area (Å²) < 4.78 is 0. The molecule has 1 heterocycles. The number of aryl methyl sites for hydroxylation is 2. The van der Waals surface area contributed by atoms with Gasteiger partial charge in [-0.3, -0.25) is 9.78 Å². The first kappa shape index (κ1) is 17.0. The van der Waals surface area contributed by atoms with Crippen molar-refractivity contribution in [1.29, 1.82) is 5.26 Å². The van der Waals surface area contributed by atoms with Crippen molar-refractivity contribution < 1.29 is 9.90 Å². The van der Waals surface area contributed by atoms with Gasteiger partial charge in [-0.05, 0) is 46.9 Å². The summed E-state index contributed by atoms with van der Waals surface area (Å²) in [6.45, 7) is 0. The van der Waals surface area contributed by atoms with E-state index in [1.54, 1.807) is 12.4 Å². The minimum atomic E-state index is -0.828. The monoisotopic (exact) mass is 348 g/mol. The molecular weight excluding hydrogens is 332 g/mol. The minimum Gasteiger partial charge on any atom is -0.481 e. The molecule has 0 aliphatic carbocycles. The smallest absolute Gasteiger partial charge is 0.313 e. The largest absolute Gasteiger partial charge is 0.481 e. The Labute approximate surface area is 150 Å². The van der Waals surface area contributed by atoms with Crippen molar-refractivity contribution in [3.63, 3.8) is 0 Å². The SMILES string of the molecule is N#Cc1ccc(CCc2cnccc2SCC(=O)O)c2ccccc12. The van der Waals surface area contributed by atoms with Crippen molar-refractivity contribution in [1.82, 2.24) is 4.98 Å². The predicted octanol–water partition coefficient (Wildman–Crippen LogP) is 4.07. The van der Waals surface area contributed by atoms with Crippen LogP contribution in [-0.4, -0.2) is 21.8 Å². The maximum absolute atomic E-state index is 10.8. The number of benzene rings is 2. The Balaban J connectivity index is 1.85. The van der Waals surface area contributed by atoms with Crippen LogP contribution in [-0.2, 0) is 17.6 Å². The van der Waals surface area contributed by atoms with Crippen molar-refractivity contribution in [3.8, 4) is 6.07 Å². The molecule has 1 N–H and O–H groups in total. The van der Waals surface area contributed by atoms with Gasteiger partial charge in [0.1, 0.15) is 0 Å². The van der Waals surface area contributed by atoms with Crippen molar-refractivity contribution in [2.75, 3.05) is 5.75 Å². The first-order valence-electron chi connectivity index (χ1n) is 7.87. The highest BCUT2D eigenvalue weighted by molar-refractivity contribution is 8.00. The number of aliphatic carboxylic acids is 1. The van der Waals surface area contributed by atoms with Gasteiger partial charge in [-0.25, -0.2) is 0 Å². The highest BCUT2D eigenvalue weighted by Gasteiger charge is 2.09. The van der Waals surface area contributed by atoms with E-state index in [4.69, 9.17) is 5.11 Å². The van der Waals surface area contributed by atoms with Crippen molar-refractivity contribution >= 4 is 28.5 Å². The molecule has 2 aromatic carbocycles. The van der Waals surface area contributed by atoms with Crippen LogP contribution in [0.25, 0.3) is 10.8 Å². The number of hydrogen-bond acceptors (Lipinski definition) is 4. The maximum atomic E-state index is 10.8. The third-order valence-electron chi connectivity index (χ3n) is 4.01. The van der Waals surface area contributed by atoms with E-state index in [1.807, 2.05) is 42.5 Å². The molecule has 0 radical (unpaired) electrons. The van der Waals surface area contributed by atoms with Gasteiger partial charge in [-0.15, -0.1) is 11.8 Å². The second-order valence-corrected chi connectivity index (χ2v) is 6.61. The van der Waals surface area contributed by atoms with Crippen LogP contribution in [0.3, 0.4) is 0 Å². The van der Waals surface area contributed by atoms with Gasteiger partial charge in [0.05, 0.1) is 17.4 Å². The van der Waals surface area contributed by atoms with Crippen LogP contribution in [0.2, 0.25) is 0 Å². The number of carbonyl (C=O) groups is 1. The number of carboxylic acids is 1. The van der Waals surface area contributed by atoms with Gasteiger partial charge >= 0.3 is 5.97 Å². The lowest BCUT2D eigenvalue weighted by Gasteiger charge is -2.10. The molecule has 0 atom stereocenters. The number of hydrogen-bond donors (Lipinski definition) is 1. The van der Waals surface area contributed by atoms with Crippen molar-refractivity contribution in [2.45, 2.75) is 17.7 Å². The second-order valence-electron chi connectivity index (χ2n) is 5.60. The lowest BCUT2D eigenvalue weighted by atomic mass is 9.96. The molecule has 4 nitrogen and oxygen atoms in total. The third-order valence-corrected chi connectivity index (χ3v) is 5.11. The lowest BCUT2D eigenvalue weighted by molar-refractivity contribution is -0.133. The van der Waals surface area contributed by atoms with Crippen LogP contribution in [0.1, 0.15) is 16.7 Å². The van der Waals surface area contributed by atoms with E-state index in [9.17, 15) is 10.1 Å². The van der Waals surface area contributed by atoms with E-state index < -0.39 is 5.97 Å². The minimum absolute atomic E-state index is 0.0385. The topological polar surface area (TPSA) is 74.0 Å². The van der Waals surface area contributed by atoms with Gasteiger partial charge in [0, 0.05) is 17.3 Å². The zero-order valence-corrected chi connectivity index (χ0v) is 14.3. The molecule has 5 heteroatoms. The molecule has 0 saturated heterocycles. The molecule has 3 aromatic rings. The van der Waals surface area contributed by atoms with Gasteiger partial charge in [0.2, 0.25) is 0 Å².